The Balaban J connectivity index is 1.37. The van der Waals surface area contributed by atoms with Crippen LogP contribution in [0.4, 0.5) is 0 Å². The smallest absolute Gasteiger partial charge is 0.254 e. The summed E-state index contributed by atoms with van der Waals surface area (Å²) in [5.74, 6) is 0.362. The maximum absolute atomic E-state index is 12.6. The first-order valence-corrected chi connectivity index (χ1v) is 9.62. The Kier molecular flexibility index (Phi) is 5.85. The molecule has 0 radical (unpaired) electrons. The van der Waals surface area contributed by atoms with Gasteiger partial charge in [0.2, 0.25) is 0 Å². The van der Waals surface area contributed by atoms with Gasteiger partial charge < -0.3 is 13.9 Å². The van der Waals surface area contributed by atoms with E-state index in [4.69, 9.17) is 4.74 Å². The standard InChI is InChI=1S/C24H21N3O3/c28-23(21-8-6-19(7-9-21)15-26-13-11-25-18-26)16-27-12-10-22(14-24(27)29)30-17-20-4-2-1-3-5-20/h1-14,18H,15-17H2. The lowest BCUT2D eigenvalue weighted by Gasteiger charge is -2.09. The molecule has 0 amide bonds. The van der Waals surface area contributed by atoms with Crippen LogP contribution < -0.4 is 10.3 Å². The molecule has 4 aromatic rings. The Hall–Kier alpha value is -3.93. The molecule has 2 aromatic carbocycles. The van der Waals surface area contributed by atoms with Crippen LogP contribution in [0, 0.1) is 0 Å². The van der Waals surface area contributed by atoms with E-state index in [2.05, 4.69) is 4.98 Å². The second-order valence-corrected chi connectivity index (χ2v) is 6.96. The molecule has 0 aliphatic heterocycles. The molecule has 0 saturated heterocycles. The third-order valence-electron chi connectivity index (χ3n) is 4.73. The van der Waals surface area contributed by atoms with Gasteiger partial charge in [0.25, 0.3) is 5.56 Å². The number of carbonyl (C=O) groups is 1. The van der Waals surface area contributed by atoms with Crippen molar-refractivity contribution in [3.05, 3.63) is 119 Å². The summed E-state index contributed by atoms with van der Waals surface area (Å²) >= 11 is 0. The minimum Gasteiger partial charge on any atom is -0.489 e. The highest BCUT2D eigenvalue weighted by Gasteiger charge is 2.09. The van der Waals surface area contributed by atoms with Gasteiger partial charge in [0.15, 0.2) is 5.78 Å². The number of hydrogen-bond donors (Lipinski definition) is 0. The number of pyridine rings is 1. The molecule has 0 fully saturated rings. The van der Waals surface area contributed by atoms with Crippen LogP contribution in [0.3, 0.4) is 0 Å². The van der Waals surface area contributed by atoms with Crippen molar-refractivity contribution >= 4 is 5.78 Å². The topological polar surface area (TPSA) is 66.1 Å². The lowest BCUT2D eigenvalue weighted by Crippen LogP contribution is -2.23. The van der Waals surface area contributed by atoms with E-state index in [1.165, 1.54) is 10.6 Å². The normalized spacial score (nSPS) is 10.7. The number of ether oxygens (including phenoxy) is 1. The van der Waals surface area contributed by atoms with Gasteiger partial charge in [-0.25, -0.2) is 4.98 Å². The van der Waals surface area contributed by atoms with E-state index in [0.717, 1.165) is 11.1 Å². The summed E-state index contributed by atoms with van der Waals surface area (Å²) < 4.78 is 9.01. The van der Waals surface area contributed by atoms with Crippen LogP contribution in [-0.4, -0.2) is 19.9 Å². The van der Waals surface area contributed by atoms with Crippen LogP contribution in [0.2, 0.25) is 0 Å². The number of Topliss-reactive ketones (excluding diaryl/α,β-unsaturated/α-hetero) is 1. The summed E-state index contributed by atoms with van der Waals surface area (Å²) in [5, 5.41) is 0. The van der Waals surface area contributed by atoms with Crippen LogP contribution in [0.25, 0.3) is 0 Å². The fraction of sp³-hybridized carbons (Fsp3) is 0.125. The summed E-state index contributed by atoms with van der Waals surface area (Å²) in [5.41, 5.74) is 2.39. The third-order valence-corrected chi connectivity index (χ3v) is 4.73. The first kappa shape index (κ1) is 19.4. The maximum Gasteiger partial charge on any atom is 0.254 e. The number of carbonyl (C=O) groups excluding carboxylic acids is 1. The highest BCUT2D eigenvalue weighted by molar-refractivity contribution is 5.95. The lowest BCUT2D eigenvalue weighted by molar-refractivity contribution is 0.0970. The number of rotatable bonds is 8. The Morgan fingerprint density at radius 2 is 1.73 bits per heavy atom. The molecule has 2 heterocycles. The zero-order valence-electron chi connectivity index (χ0n) is 16.3. The second kappa shape index (κ2) is 9.05. The molecule has 0 saturated carbocycles. The fourth-order valence-electron chi connectivity index (χ4n) is 3.08. The van der Waals surface area contributed by atoms with Gasteiger partial charge in [-0.05, 0) is 17.2 Å². The minimum atomic E-state index is -0.273. The van der Waals surface area contributed by atoms with Crippen LogP contribution in [0.5, 0.6) is 5.75 Å². The van der Waals surface area contributed by atoms with Crippen LogP contribution in [0.15, 0.2) is 96.4 Å². The average molecular weight is 399 g/mol. The number of ketones is 1. The summed E-state index contributed by atoms with van der Waals surface area (Å²) in [6.45, 7) is 1.06. The van der Waals surface area contributed by atoms with E-state index in [9.17, 15) is 9.59 Å². The van der Waals surface area contributed by atoms with Crippen molar-refractivity contribution in [1.29, 1.82) is 0 Å². The molecule has 6 heteroatoms. The molecule has 2 aromatic heterocycles. The molecule has 0 atom stereocenters. The minimum absolute atomic E-state index is 0.0152. The van der Waals surface area contributed by atoms with E-state index >= 15 is 0 Å². The van der Waals surface area contributed by atoms with Crippen molar-refractivity contribution in [2.45, 2.75) is 19.7 Å². The van der Waals surface area contributed by atoms with Crippen LogP contribution in [-0.2, 0) is 19.7 Å². The highest BCUT2D eigenvalue weighted by atomic mass is 16.5. The van der Waals surface area contributed by atoms with Crippen molar-refractivity contribution in [1.82, 2.24) is 14.1 Å². The van der Waals surface area contributed by atoms with Crippen LogP contribution >= 0.6 is 0 Å². The zero-order chi connectivity index (χ0) is 20.8. The second-order valence-electron chi connectivity index (χ2n) is 6.96. The van der Waals surface area contributed by atoms with Gasteiger partial charge in [-0.15, -0.1) is 0 Å². The van der Waals surface area contributed by atoms with Crippen molar-refractivity contribution in [2.24, 2.45) is 0 Å². The molecule has 0 unspecified atom stereocenters. The number of nitrogens with zero attached hydrogens (tertiary/aromatic N) is 3. The summed E-state index contributed by atoms with van der Waals surface area (Å²) in [7, 11) is 0. The SMILES string of the molecule is O=C(Cn1ccc(OCc2ccccc2)cc1=O)c1ccc(Cn2ccnc2)cc1. The van der Waals surface area contributed by atoms with Crippen molar-refractivity contribution in [3.63, 3.8) is 0 Å². The maximum atomic E-state index is 12.6. The Bertz CT molecular complexity index is 1160. The molecular weight excluding hydrogens is 378 g/mol. The molecule has 30 heavy (non-hydrogen) atoms. The van der Waals surface area contributed by atoms with E-state index < -0.39 is 0 Å². The van der Waals surface area contributed by atoms with Crippen molar-refractivity contribution in [3.8, 4) is 5.75 Å². The van der Waals surface area contributed by atoms with E-state index in [-0.39, 0.29) is 17.9 Å². The van der Waals surface area contributed by atoms with E-state index in [1.54, 1.807) is 36.9 Å². The predicted molar refractivity (Wildman–Crippen MR) is 114 cm³/mol. The summed E-state index contributed by atoms with van der Waals surface area (Å²) in [6, 6.07) is 20.2. The molecule has 0 N–H and O–H groups in total. The molecule has 0 aliphatic carbocycles. The number of hydrogen-bond acceptors (Lipinski definition) is 4. The fourth-order valence-corrected chi connectivity index (χ4v) is 3.08. The van der Waals surface area contributed by atoms with Gasteiger partial charge in [0.05, 0.1) is 12.9 Å². The van der Waals surface area contributed by atoms with Gasteiger partial charge in [-0.1, -0.05) is 54.6 Å². The van der Waals surface area contributed by atoms with Crippen LogP contribution in [0.1, 0.15) is 21.5 Å². The van der Waals surface area contributed by atoms with Gasteiger partial charge in [-0.3, -0.25) is 9.59 Å². The molecule has 0 bridgehead atoms. The zero-order valence-corrected chi connectivity index (χ0v) is 16.3. The quantitative estimate of drug-likeness (QED) is 0.425. The Morgan fingerprint density at radius 1 is 0.933 bits per heavy atom. The van der Waals surface area contributed by atoms with Gasteiger partial charge in [0, 0.05) is 36.8 Å². The third kappa shape index (κ3) is 4.91. The number of benzene rings is 2. The molecular formula is C24H21N3O3. The van der Waals surface area contributed by atoms with Gasteiger partial charge in [-0.2, -0.15) is 0 Å². The average Bonchev–Trinajstić information content (AvgIpc) is 3.28. The first-order chi connectivity index (χ1) is 14.7. The largest absolute Gasteiger partial charge is 0.489 e. The number of imidazole rings is 1. The Labute approximate surface area is 174 Å². The van der Waals surface area contributed by atoms with E-state index in [0.29, 0.717) is 24.5 Å². The molecule has 0 spiro atoms. The molecule has 4 rings (SSSR count). The summed E-state index contributed by atoms with van der Waals surface area (Å²) in [4.78, 5) is 29.0. The monoisotopic (exact) mass is 399 g/mol. The lowest BCUT2D eigenvalue weighted by atomic mass is 10.1. The molecule has 150 valence electrons. The highest BCUT2D eigenvalue weighted by Crippen LogP contribution is 2.11. The van der Waals surface area contributed by atoms with Gasteiger partial charge in [0.1, 0.15) is 12.4 Å². The first-order valence-electron chi connectivity index (χ1n) is 9.62. The van der Waals surface area contributed by atoms with Crippen molar-refractivity contribution < 1.29 is 9.53 Å². The van der Waals surface area contributed by atoms with E-state index in [1.807, 2.05) is 53.2 Å². The Morgan fingerprint density at radius 3 is 2.43 bits per heavy atom. The number of aromatic nitrogens is 3. The molecule has 6 nitrogen and oxygen atoms in total. The predicted octanol–water partition coefficient (Wildman–Crippen LogP) is 3.56. The molecule has 0 aliphatic rings. The van der Waals surface area contributed by atoms with Gasteiger partial charge >= 0.3 is 0 Å². The summed E-state index contributed by atoms with van der Waals surface area (Å²) in [6.07, 6.45) is 6.96. The van der Waals surface area contributed by atoms with Crippen molar-refractivity contribution in [2.75, 3.05) is 0 Å².